The minimum absolute atomic E-state index is 0.146. The van der Waals surface area contributed by atoms with Gasteiger partial charge in [0.2, 0.25) is 0 Å². The van der Waals surface area contributed by atoms with Crippen molar-refractivity contribution in [3.63, 3.8) is 0 Å². The Hall–Kier alpha value is -1.94. The summed E-state index contributed by atoms with van der Waals surface area (Å²) in [6, 6.07) is 10.2. The fourth-order valence-electron chi connectivity index (χ4n) is 2.54. The van der Waals surface area contributed by atoms with E-state index in [2.05, 4.69) is 29.5 Å². The number of ketones is 1. The molecule has 0 N–H and O–H groups in total. The second kappa shape index (κ2) is 5.82. The molecule has 0 saturated heterocycles. The van der Waals surface area contributed by atoms with Gasteiger partial charge in [-0.2, -0.15) is 5.10 Å². The zero-order valence-electron chi connectivity index (χ0n) is 12.3. The number of hydrogen-bond acceptors (Lipinski definition) is 3. The van der Waals surface area contributed by atoms with Gasteiger partial charge in [-0.15, -0.1) is 11.3 Å². The van der Waals surface area contributed by atoms with Crippen LogP contribution in [0.3, 0.4) is 0 Å². The van der Waals surface area contributed by atoms with Crippen LogP contribution in [0.2, 0.25) is 0 Å². The third kappa shape index (κ3) is 2.63. The normalized spacial score (nSPS) is 11.1. The molecule has 0 atom stereocenters. The molecule has 0 unspecified atom stereocenters. The van der Waals surface area contributed by atoms with Gasteiger partial charge in [-0.25, -0.2) is 0 Å². The first-order valence-corrected chi connectivity index (χ1v) is 8.16. The summed E-state index contributed by atoms with van der Waals surface area (Å²) in [7, 11) is 0. The number of nitrogens with zero attached hydrogens (tertiary/aromatic N) is 2. The first-order valence-electron chi connectivity index (χ1n) is 7.28. The Labute approximate surface area is 128 Å². The van der Waals surface area contributed by atoms with Crippen LogP contribution in [0.15, 0.2) is 35.7 Å². The highest BCUT2D eigenvalue weighted by atomic mass is 32.1. The first-order chi connectivity index (χ1) is 10.2. The minimum Gasteiger partial charge on any atom is -0.292 e. The minimum atomic E-state index is 0.146. The van der Waals surface area contributed by atoms with Crippen molar-refractivity contribution in [2.45, 2.75) is 33.2 Å². The number of benzene rings is 1. The quantitative estimate of drug-likeness (QED) is 0.665. The molecule has 4 heteroatoms. The highest BCUT2D eigenvalue weighted by Gasteiger charge is 2.16. The summed E-state index contributed by atoms with van der Waals surface area (Å²) in [4.78, 5) is 12.6. The number of aryl methyl sites for hydroxylation is 2. The van der Waals surface area contributed by atoms with Crippen LogP contribution in [0.5, 0.6) is 0 Å². The Balaban J connectivity index is 1.91. The van der Waals surface area contributed by atoms with Gasteiger partial charge in [0.15, 0.2) is 5.78 Å². The maximum absolute atomic E-state index is 12.6. The summed E-state index contributed by atoms with van der Waals surface area (Å²) in [6.07, 6.45) is 1.30. The molecule has 3 rings (SSSR count). The predicted molar refractivity (Wildman–Crippen MR) is 87.1 cm³/mol. The SMILES string of the molecule is CCc1cc(C(=O)Cc2csc3ccccc23)n(CC)n1. The summed E-state index contributed by atoms with van der Waals surface area (Å²) in [6.45, 7) is 4.80. The molecule has 3 aromatic rings. The third-order valence-electron chi connectivity index (χ3n) is 3.69. The average molecular weight is 298 g/mol. The second-order valence-corrected chi connectivity index (χ2v) is 5.96. The summed E-state index contributed by atoms with van der Waals surface area (Å²) in [5.74, 6) is 0.146. The molecule has 2 aromatic heterocycles. The van der Waals surface area contributed by atoms with Crippen LogP contribution in [-0.4, -0.2) is 15.6 Å². The van der Waals surface area contributed by atoms with Crippen LogP contribution < -0.4 is 0 Å². The molecule has 21 heavy (non-hydrogen) atoms. The highest BCUT2D eigenvalue weighted by molar-refractivity contribution is 7.17. The van der Waals surface area contributed by atoms with Crippen LogP contribution in [0.4, 0.5) is 0 Å². The van der Waals surface area contributed by atoms with Crippen molar-refractivity contribution in [3.8, 4) is 0 Å². The van der Waals surface area contributed by atoms with Crippen molar-refractivity contribution in [2.75, 3.05) is 0 Å². The molecule has 0 amide bonds. The number of carbonyl (C=O) groups excluding carboxylic acids is 1. The highest BCUT2D eigenvalue weighted by Crippen LogP contribution is 2.26. The van der Waals surface area contributed by atoms with Crippen molar-refractivity contribution in [1.29, 1.82) is 0 Å². The van der Waals surface area contributed by atoms with Gasteiger partial charge >= 0.3 is 0 Å². The van der Waals surface area contributed by atoms with E-state index in [1.54, 1.807) is 11.3 Å². The molecule has 0 bridgehead atoms. The van der Waals surface area contributed by atoms with Gasteiger partial charge in [-0.05, 0) is 41.8 Å². The van der Waals surface area contributed by atoms with Crippen LogP contribution in [0, 0.1) is 0 Å². The number of hydrogen-bond donors (Lipinski definition) is 0. The molecule has 0 fully saturated rings. The molecule has 2 heterocycles. The van der Waals surface area contributed by atoms with E-state index >= 15 is 0 Å². The molecule has 1 aromatic carbocycles. The molecule has 0 spiro atoms. The third-order valence-corrected chi connectivity index (χ3v) is 4.70. The van der Waals surface area contributed by atoms with Crippen molar-refractivity contribution < 1.29 is 4.79 Å². The van der Waals surface area contributed by atoms with Crippen LogP contribution in [-0.2, 0) is 19.4 Å². The predicted octanol–water partition coefficient (Wildman–Crippen LogP) is 4.11. The molecule has 3 nitrogen and oxygen atoms in total. The zero-order chi connectivity index (χ0) is 14.8. The van der Waals surface area contributed by atoms with E-state index in [1.807, 2.05) is 29.8 Å². The monoisotopic (exact) mass is 298 g/mol. The fraction of sp³-hybridized carbons (Fsp3) is 0.294. The molecule has 0 aliphatic carbocycles. The van der Waals surface area contributed by atoms with Crippen molar-refractivity contribution >= 4 is 27.2 Å². The largest absolute Gasteiger partial charge is 0.292 e. The Morgan fingerprint density at radius 2 is 2.10 bits per heavy atom. The number of rotatable bonds is 5. The molecule has 108 valence electrons. The smallest absolute Gasteiger partial charge is 0.185 e. The van der Waals surface area contributed by atoms with Crippen LogP contribution in [0.25, 0.3) is 10.1 Å². The molecule has 0 aliphatic rings. The van der Waals surface area contributed by atoms with Crippen molar-refractivity contribution in [2.24, 2.45) is 0 Å². The molecule has 0 aliphatic heterocycles. The van der Waals surface area contributed by atoms with Crippen molar-refractivity contribution in [1.82, 2.24) is 9.78 Å². The summed E-state index contributed by atoms with van der Waals surface area (Å²) in [5.41, 5.74) is 2.82. The Morgan fingerprint density at radius 1 is 1.29 bits per heavy atom. The fourth-order valence-corrected chi connectivity index (χ4v) is 3.50. The Morgan fingerprint density at radius 3 is 2.86 bits per heavy atom. The van der Waals surface area contributed by atoms with Gasteiger partial charge in [0, 0.05) is 17.7 Å². The number of aromatic nitrogens is 2. The lowest BCUT2D eigenvalue weighted by molar-refractivity contribution is 0.0983. The van der Waals surface area contributed by atoms with Gasteiger partial charge in [-0.3, -0.25) is 9.48 Å². The van der Waals surface area contributed by atoms with Gasteiger partial charge in [-0.1, -0.05) is 25.1 Å². The number of carbonyl (C=O) groups is 1. The second-order valence-electron chi connectivity index (χ2n) is 5.05. The van der Waals surface area contributed by atoms with Crippen LogP contribution >= 0.6 is 11.3 Å². The maximum atomic E-state index is 12.6. The standard InChI is InChI=1S/C17H18N2OS/c1-3-13-10-15(19(4-2)18-13)16(20)9-12-11-21-17-8-6-5-7-14(12)17/h5-8,10-11H,3-4,9H2,1-2H3. The molecular weight excluding hydrogens is 280 g/mol. The zero-order valence-corrected chi connectivity index (χ0v) is 13.1. The van der Waals surface area contributed by atoms with E-state index < -0.39 is 0 Å². The lowest BCUT2D eigenvalue weighted by Crippen LogP contribution is -2.11. The topological polar surface area (TPSA) is 34.9 Å². The summed E-state index contributed by atoms with van der Waals surface area (Å²) in [5, 5.41) is 7.74. The van der Waals surface area contributed by atoms with Crippen LogP contribution in [0.1, 0.15) is 35.6 Å². The van der Waals surface area contributed by atoms with Crippen molar-refractivity contribution in [3.05, 3.63) is 52.7 Å². The van der Waals surface area contributed by atoms with E-state index in [-0.39, 0.29) is 5.78 Å². The van der Waals surface area contributed by atoms with Gasteiger partial charge in [0.05, 0.1) is 5.69 Å². The Bertz CT molecular complexity index is 785. The maximum Gasteiger partial charge on any atom is 0.185 e. The molecule has 0 radical (unpaired) electrons. The lowest BCUT2D eigenvalue weighted by Gasteiger charge is -2.03. The number of thiophene rings is 1. The summed E-state index contributed by atoms with van der Waals surface area (Å²) < 4.78 is 3.05. The van der Waals surface area contributed by atoms with E-state index in [0.29, 0.717) is 6.42 Å². The van der Waals surface area contributed by atoms with E-state index in [0.717, 1.165) is 29.9 Å². The number of Topliss-reactive ketones (excluding diaryl/α,β-unsaturated/α-hetero) is 1. The van der Waals surface area contributed by atoms with E-state index in [4.69, 9.17) is 0 Å². The molecule has 0 saturated carbocycles. The van der Waals surface area contributed by atoms with E-state index in [1.165, 1.54) is 10.1 Å². The first kappa shape index (κ1) is 14.0. The molecular formula is C17H18N2OS. The van der Waals surface area contributed by atoms with E-state index in [9.17, 15) is 4.79 Å². The van der Waals surface area contributed by atoms with Gasteiger partial charge in [0.1, 0.15) is 5.69 Å². The Kier molecular flexibility index (Phi) is 3.88. The summed E-state index contributed by atoms with van der Waals surface area (Å²) >= 11 is 1.70. The van der Waals surface area contributed by atoms with Gasteiger partial charge < -0.3 is 0 Å². The lowest BCUT2D eigenvalue weighted by atomic mass is 10.1. The number of fused-ring (bicyclic) bond motifs is 1. The average Bonchev–Trinajstić information content (AvgIpc) is 3.11. The van der Waals surface area contributed by atoms with Gasteiger partial charge in [0.25, 0.3) is 0 Å².